The number of nitro benzene ring substituents is 1. The number of nitrogens with zero attached hydrogens (tertiary/aromatic N) is 5. The SMILES string of the molecule is CCOC(=O)c1cn(C)c2cc(N3CCN(C4=Nc5ccccc5SC4)CC3)c([N+](=O)[O-])cc2c1=O. The van der Waals surface area contributed by atoms with E-state index >= 15 is 0 Å². The van der Waals surface area contributed by atoms with Crippen LogP contribution in [-0.2, 0) is 11.8 Å². The van der Waals surface area contributed by atoms with E-state index in [1.807, 2.05) is 23.1 Å². The van der Waals surface area contributed by atoms with E-state index in [4.69, 9.17) is 9.73 Å². The van der Waals surface area contributed by atoms with E-state index in [1.165, 1.54) is 17.2 Å². The van der Waals surface area contributed by atoms with E-state index in [0.29, 0.717) is 37.4 Å². The van der Waals surface area contributed by atoms with Gasteiger partial charge in [0.15, 0.2) is 0 Å². The van der Waals surface area contributed by atoms with Crippen LogP contribution in [0.2, 0.25) is 0 Å². The number of benzene rings is 2. The Kier molecular flexibility index (Phi) is 6.40. The third kappa shape index (κ3) is 4.30. The van der Waals surface area contributed by atoms with Gasteiger partial charge in [0.1, 0.15) is 17.1 Å². The molecule has 0 N–H and O–H groups in total. The number of ether oxygens (including phenoxy) is 1. The third-order valence-corrected chi connectivity index (χ3v) is 7.49. The predicted molar refractivity (Wildman–Crippen MR) is 140 cm³/mol. The van der Waals surface area contributed by atoms with Crippen molar-refractivity contribution in [1.82, 2.24) is 9.47 Å². The van der Waals surface area contributed by atoms with E-state index in [9.17, 15) is 19.7 Å². The summed E-state index contributed by atoms with van der Waals surface area (Å²) in [5, 5.41) is 12.1. The molecule has 1 fully saturated rings. The summed E-state index contributed by atoms with van der Waals surface area (Å²) >= 11 is 1.76. The Bertz CT molecular complexity index is 1460. The molecule has 0 bridgehead atoms. The molecule has 2 aromatic carbocycles. The van der Waals surface area contributed by atoms with Crippen molar-refractivity contribution in [3.05, 3.63) is 68.5 Å². The molecule has 10 nitrogen and oxygen atoms in total. The van der Waals surface area contributed by atoms with Gasteiger partial charge in [0.05, 0.1) is 33.9 Å². The summed E-state index contributed by atoms with van der Waals surface area (Å²) in [6.07, 6.45) is 1.42. The highest BCUT2D eigenvalue weighted by Gasteiger charge is 2.28. The Morgan fingerprint density at radius 3 is 2.61 bits per heavy atom. The maximum atomic E-state index is 13.0. The molecule has 3 heterocycles. The lowest BCUT2D eigenvalue weighted by molar-refractivity contribution is -0.384. The van der Waals surface area contributed by atoms with Crippen LogP contribution in [0.25, 0.3) is 10.9 Å². The van der Waals surface area contributed by atoms with Crippen LogP contribution in [0.5, 0.6) is 0 Å². The second kappa shape index (κ2) is 9.65. The number of aryl methyl sites for hydroxylation is 1. The Labute approximate surface area is 211 Å². The molecule has 0 atom stereocenters. The fourth-order valence-corrected chi connectivity index (χ4v) is 5.58. The number of carbonyl (C=O) groups excluding carboxylic acids is 1. The molecule has 2 aliphatic rings. The van der Waals surface area contributed by atoms with E-state index in [2.05, 4.69) is 11.0 Å². The van der Waals surface area contributed by atoms with Crippen molar-refractivity contribution in [3.63, 3.8) is 0 Å². The van der Waals surface area contributed by atoms with E-state index in [-0.39, 0.29) is 23.2 Å². The van der Waals surface area contributed by atoms with Gasteiger partial charge in [-0.05, 0) is 25.1 Å². The monoisotopic (exact) mass is 507 g/mol. The van der Waals surface area contributed by atoms with Crippen molar-refractivity contribution in [2.75, 3.05) is 43.4 Å². The summed E-state index contributed by atoms with van der Waals surface area (Å²) < 4.78 is 6.62. The fourth-order valence-electron chi connectivity index (χ4n) is 4.61. The van der Waals surface area contributed by atoms with Gasteiger partial charge in [-0.15, -0.1) is 11.8 Å². The number of piperazine rings is 1. The molecule has 11 heteroatoms. The lowest BCUT2D eigenvalue weighted by Gasteiger charge is -2.38. The number of hydrogen-bond donors (Lipinski definition) is 0. The molecule has 0 amide bonds. The first-order valence-corrected chi connectivity index (χ1v) is 12.6. The minimum absolute atomic E-state index is 0.115. The molecule has 2 aliphatic heterocycles. The van der Waals surface area contributed by atoms with Crippen LogP contribution in [0.3, 0.4) is 0 Å². The Morgan fingerprint density at radius 1 is 1.17 bits per heavy atom. The molecule has 1 aromatic heterocycles. The number of hydrogen-bond acceptors (Lipinski definition) is 9. The summed E-state index contributed by atoms with van der Waals surface area (Å²) in [7, 11) is 1.70. The molecule has 186 valence electrons. The summed E-state index contributed by atoms with van der Waals surface area (Å²) in [5.74, 6) is 1.06. The highest BCUT2D eigenvalue weighted by atomic mass is 32.2. The Balaban J connectivity index is 1.45. The van der Waals surface area contributed by atoms with Crippen molar-refractivity contribution >= 4 is 51.5 Å². The van der Waals surface area contributed by atoms with Crippen LogP contribution in [0.15, 0.2) is 57.3 Å². The number of pyridine rings is 1. The van der Waals surface area contributed by atoms with Gasteiger partial charge in [-0.25, -0.2) is 9.79 Å². The number of aromatic nitrogens is 1. The maximum absolute atomic E-state index is 13.0. The fraction of sp³-hybridized carbons (Fsp3) is 0.320. The number of fused-ring (bicyclic) bond motifs is 2. The molecule has 5 rings (SSSR count). The van der Waals surface area contributed by atoms with Crippen LogP contribution in [0.4, 0.5) is 17.1 Å². The third-order valence-electron chi connectivity index (χ3n) is 6.43. The summed E-state index contributed by atoms with van der Waals surface area (Å²) in [4.78, 5) is 47.0. The van der Waals surface area contributed by atoms with E-state index in [0.717, 1.165) is 17.3 Å². The minimum atomic E-state index is -0.741. The molecular weight excluding hydrogens is 482 g/mol. The summed E-state index contributed by atoms with van der Waals surface area (Å²) in [6, 6.07) is 11.0. The van der Waals surface area contributed by atoms with Gasteiger partial charge < -0.3 is 19.1 Å². The van der Waals surface area contributed by atoms with E-state index < -0.39 is 16.3 Å². The van der Waals surface area contributed by atoms with Crippen LogP contribution in [0.1, 0.15) is 17.3 Å². The van der Waals surface area contributed by atoms with Crippen LogP contribution < -0.4 is 10.3 Å². The average Bonchev–Trinajstić information content (AvgIpc) is 2.90. The van der Waals surface area contributed by atoms with Gasteiger partial charge in [-0.1, -0.05) is 12.1 Å². The first-order chi connectivity index (χ1) is 17.4. The topological polar surface area (TPSA) is 110 Å². The Morgan fingerprint density at radius 2 is 1.89 bits per heavy atom. The minimum Gasteiger partial charge on any atom is -0.462 e. The van der Waals surface area contributed by atoms with Gasteiger partial charge in [0.2, 0.25) is 5.43 Å². The standard InChI is InChI=1S/C25H25N5O5S/c1-3-35-25(32)17-14-27(2)19-13-20(21(30(33)34)12-16(19)24(17)31)28-8-10-29(11-9-28)23-15-36-22-7-5-4-6-18(22)26-23/h4-7,12-14H,3,8-11,15H2,1-2H3. The molecule has 3 aromatic rings. The van der Waals surface area contributed by atoms with Crippen molar-refractivity contribution in [2.45, 2.75) is 11.8 Å². The molecule has 0 unspecified atom stereocenters. The number of esters is 1. The van der Waals surface area contributed by atoms with Gasteiger partial charge in [-0.3, -0.25) is 14.9 Å². The van der Waals surface area contributed by atoms with Gasteiger partial charge in [0, 0.05) is 50.4 Å². The molecule has 1 saturated heterocycles. The van der Waals surface area contributed by atoms with Crippen molar-refractivity contribution in [2.24, 2.45) is 12.0 Å². The van der Waals surface area contributed by atoms with Gasteiger partial charge in [0.25, 0.3) is 5.69 Å². The first-order valence-electron chi connectivity index (χ1n) is 11.7. The number of rotatable bonds is 4. The zero-order chi connectivity index (χ0) is 25.4. The predicted octanol–water partition coefficient (Wildman–Crippen LogP) is 3.58. The largest absolute Gasteiger partial charge is 0.462 e. The van der Waals surface area contributed by atoms with Crippen LogP contribution >= 0.6 is 11.8 Å². The molecule has 0 saturated carbocycles. The number of anilines is 1. The zero-order valence-electron chi connectivity index (χ0n) is 20.0. The summed E-state index contributed by atoms with van der Waals surface area (Å²) in [6.45, 7) is 4.29. The van der Waals surface area contributed by atoms with E-state index in [1.54, 1.807) is 36.4 Å². The second-order valence-corrected chi connectivity index (χ2v) is 9.59. The lowest BCUT2D eigenvalue weighted by Crippen LogP contribution is -2.49. The Hall–Kier alpha value is -3.86. The van der Waals surface area contributed by atoms with Crippen LogP contribution in [0, 0.1) is 10.1 Å². The number of aliphatic imine (C=N–C) groups is 1. The second-order valence-electron chi connectivity index (χ2n) is 8.58. The average molecular weight is 508 g/mol. The maximum Gasteiger partial charge on any atom is 0.343 e. The summed E-state index contributed by atoms with van der Waals surface area (Å²) in [5.41, 5.74) is 1.06. The van der Waals surface area contributed by atoms with Gasteiger partial charge >= 0.3 is 5.97 Å². The highest BCUT2D eigenvalue weighted by Crippen LogP contribution is 2.36. The normalized spacial score (nSPS) is 15.4. The lowest BCUT2D eigenvalue weighted by atomic mass is 10.1. The first kappa shape index (κ1) is 23.9. The number of carbonyl (C=O) groups is 1. The van der Waals surface area contributed by atoms with Crippen molar-refractivity contribution in [3.8, 4) is 0 Å². The van der Waals surface area contributed by atoms with Crippen LogP contribution in [-0.4, -0.2) is 64.7 Å². The zero-order valence-corrected chi connectivity index (χ0v) is 20.8. The molecule has 0 spiro atoms. The number of para-hydroxylation sites is 1. The van der Waals surface area contributed by atoms with Gasteiger partial charge in [-0.2, -0.15) is 0 Å². The number of nitro groups is 1. The molecule has 0 radical (unpaired) electrons. The quantitative estimate of drug-likeness (QED) is 0.299. The highest BCUT2D eigenvalue weighted by molar-refractivity contribution is 8.00. The van der Waals surface area contributed by atoms with Crippen molar-refractivity contribution in [1.29, 1.82) is 0 Å². The molecule has 0 aliphatic carbocycles. The number of amidine groups is 1. The molecule has 36 heavy (non-hydrogen) atoms. The van der Waals surface area contributed by atoms with Crippen molar-refractivity contribution < 1.29 is 14.5 Å². The number of thioether (sulfide) groups is 1. The molecular formula is C25H25N5O5S. The smallest absolute Gasteiger partial charge is 0.343 e.